The second-order valence-corrected chi connectivity index (χ2v) is 6.32. The Hall–Kier alpha value is -1.28. The lowest BCUT2D eigenvalue weighted by molar-refractivity contribution is -0.127. The molecular formula is C14H28N4O3S. The number of amides is 3. The zero-order valence-electron chi connectivity index (χ0n) is 13.7. The summed E-state index contributed by atoms with van der Waals surface area (Å²) in [7, 11) is 0. The van der Waals surface area contributed by atoms with E-state index in [1.54, 1.807) is 0 Å². The summed E-state index contributed by atoms with van der Waals surface area (Å²) in [6.07, 6.45) is 0.908. The van der Waals surface area contributed by atoms with E-state index in [1.165, 1.54) is 0 Å². The minimum absolute atomic E-state index is 0.0922. The summed E-state index contributed by atoms with van der Waals surface area (Å²) in [5, 5.41) is 7.94. The van der Waals surface area contributed by atoms with Crippen LogP contribution >= 0.6 is 12.6 Å². The molecule has 0 bridgehead atoms. The lowest BCUT2D eigenvalue weighted by Crippen LogP contribution is -2.53. The zero-order chi connectivity index (χ0) is 17.3. The third kappa shape index (κ3) is 8.89. The highest BCUT2D eigenvalue weighted by molar-refractivity contribution is 7.96. The first-order chi connectivity index (χ1) is 10.1. The number of carbonyl (C=O) groups is 3. The Kier molecular flexibility index (Phi) is 9.84. The predicted molar refractivity (Wildman–Crippen MR) is 89.6 cm³/mol. The summed E-state index contributed by atoms with van der Waals surface area (Å²) in [5.74, 6) is -0.131. The predicted octanol–water partition coefficient (Wildman–Crippen LogP) is 0.399. The summed E-state index contributed by atoms with van der Waals surface area (Å²) < 4.78 is 0. The molecule has 3 amide bonds. The van der Waals surface area contributed by atoms with Crippen LogP contribution in [0.25, 0.3) is 0 Å². The fourth-order valence-electron chi connectivity index (χ4n) is 1.97. The second kappa shape index (κ2) is 10.4. The lowest BCUT2D eigenvalue weighted by Gasteiger charge is -2.26. The van der Waals surface area contributed by atoms with Gasteiger partial charge in [0, 0.05) is 12.6 Å². The largest absolute Gasteiger partial charge is 0.352 e. The smallest absolute Gasteiger partial charge is 0.312 e. The van der Waals surface area contributed by atoms with Gasteiger partial charge in [0.05, 0.1) is 12.1 Å². The standard InChI is InChI=1S/C14H28N4O3S/c1-8(2)11(17-9(3)4)12(19)18-10(13(20)22)6-5-7-16-14(15)21/h8-11,17H,5-7H2,1-4H3,(H,18,19)(H,20,22)(H3,15,16,21)/t10-,11-/m0/s1. The molecule has 0 aromatic heterocycles. The van der Waals surface area contributed by atoms with Crippen molar-refractivity contribution in [1.82, 2.24) is 16.0 Å². The first-order valence-electron chi connectivity index (χ1n) is 7.47. The molecule has 0 aromatic carbocycles. The molecule has 0 saturated carbocycles. The summed E-state index contributed by atoms with van der Waals surface area (Å²) in [5.41, 5.74) is 4.96. The van der Waals surface area contributed by atoms with Crippen molar-refractivity contribution in [3.63, 3.8) is 0 Å². The van der Waals surface area contributed by atoms with E-state index in [-0.39, 0.29) is 23.9 Å². The van der Waals surface area contributed by atoms with Gasteiger partial charge in [0.25, 0.3) is 0 Å². The monoisotopic (exact) mass is 332 g/mol. The first kappa shape index (κ1) is 20.7. The number of hydrogen-bond donors (Lipinski definition) is 5. The average molecular weight is 332 g/mol. The number of primary amides is 1. The van der Waals surface area contributed by atoms with E-state index in [0.29, 0.717) is 19.4 Å². The van der Waals surface area contributed by atoms with E-state index >= 15 is 0 Å². The highest BCUT2D eigenvalue weighted by atomic mass is 32.1. The minimum atomic E-state index is -0.680. The SMILES string of the molecule is CC(C)N[C@H](C(=O)N[C@@H](CCCNC(N)=O)C(=O)S)C(C)C. The van der Waals surface area contributed by atoms with Gasteiger partial charge >= 0.3 is 6.03 Å². The van der Waals surface area contributed by atoms with Gasteiger partial charge in [0.2, 0.25) is 11.0 Å². The van der Waals surface area contributed by atoms with E-state index in [2.05, 4.69) is 28.6 Å². The summed E-state index contributed by atoms with van der Waals surface area (Å²) in [6, 6.07) is -1.51. The fourth-order valence-corrected chi connectivity index (χ4v) is 2.16. The number of hydrogen-bond acceptors (Lipinski definition) is 4. The number of carbonyl (C=O) groups excluding carboxylic acids is 3. The average Bonchev–Trinajstić information content (AvgIpc) is 2.38. The first-order valence-corrected chi connectivity index (χ1v) is 7.92. The van der Waals surface area contributed by atoms with E-state index in [0.717, 1.165) is 0 Å². The van der Waals surface area contributed by atoms with Crippen LogP contribution in [0.2, 0.25) is 0 Å². The molecule has 22 heavy (non-hydrogen) atoms. The van der Waals surface area contributed by atoms with Crippen LogP contribution in [0.4, 0.5) is 4.79 Å². The highest BCUT2D eigenvalue weighted by Gasteiger charge is 2.26. The van der Waals surface area contributed by atoms with Gasteiger partial charge in [-0.2, -0.15) is 0 Å². The molecule has 0 fully saturated rings. The molecule has 0 aliphatic carbocycles. The van der Waals surface area contributed by atoms with Gasteiger partial charge in [-0.1, -0.05) is 27.7 Å². The Bertz CT molecular complexity index is 388. The van der Waals surface area contributed by atoms with Crippen LogP contribution in [0.15, 0.2) is 0 Å². The summed E-state index contributed by atoms with van der Waals surface area (Å²) in [4.78, 5) is 34.4. The molecule has 0 radical (unpaired) electrons. The van der Waals surface area contributed by atoms with Crippen molar-refractivity contribution in [2.24, 2.45) is 11.7 Å². The molecule has 0 heterocycles. The third-order valence-corrected chi connectivity index (χ3v) is 3.36. The molecule has 128 valence electrons. The molecular weight excluding hydrogens is 304 g/mol. The summed E-state index contributed by atoms with van der Waals surface area (Å²) in [6.45, 7) is 8.14. The van der Waals surface area contributed by atoms with Gasteiger partial charge in [0.1, 0.15) is 0 Å². The quantitative estimate of drug-likeness (QED) is 0.294. The number of nitrogens with one attached hydrogen (secondary N) is 3. The van der Waals surface area contributed by atoms with Crippen LogP contribution < -0.4 is 21.7 Å². The topological polar surface area (TPSA) is 113 Å². The normalized spacial score (nSPS) is 13.8. The van der Waals surface area contributed by atoms with Gasteiger partial charge in [-0.05, 0) is 18.8 Å². The van der Waals surface area contributed by atoms with Crippen molar-refractivity contribution in [2.45, 2.75) is 58.7 Å². The number of thiol groups is 1. The molecule has 5 N–H and O–H groups in total. The van der Waals surface area contributed by atoms with Crippen LogP contribution in [-0.4, -0.2) is 41.7 Å². The Balaban J connectivity index is 4.54. The lowest BCUT2D eigenvalue weighted by atomic mass is 10.0. The molecule has 0 unspecified atom stereocenters. The van der Waals surface area contributed by atoms with Crippen LogP contribution in [-0.2, 0) is 9.59 Å². The maximum absolute atomic E-state index is 12.3. The van der Waals surface area contributed by atoms with Gasteiger partial charge in [-0.3, -0.25) is 9.59 Å². The molecule has 8 heteroatoms. The maximum atomic E-state index is 12.3. The van der Waals surface area contributed by atoms with E-state index in [1.807, 2.05) is 27.7 Å². The van der Waals surface area contributed by atoms with E-state index in [9.17, 15) is 14.4 Å². The Labute approximate surface area is 137 Å². The van der Waals surface area contributed by atoms with Crippen LogP contribution in [0.1, 0.15) is 40.5 Å². The van der Waals surface area contributed by atoms with Gasteiger partial charge in [-0.15, -0.1) is 12.6 Å². The molecule has 0 aliphatic heterocycles. The van der Waals surface area contributed by atoms with E-state index in [4.69, 9.17) is 5.73 Å². The van der Waals surface area contributed by atoms with Gasteiger partial charge in [-0.25, -0.2) is 4.79 Å². The molecule has 0 aromatic rings. The number of nitrogens with two attached hydrogens (primary N) is 1. The van der Waals surface area contributed by atoms with Crippen LogP contribution in [0, 0.1) is 5.92 Å². The Morgan fingerprint density at radius 2 is 1.73 bits per heavy atom. The van der Waals surface area contributed by atoms with Crippen molar-refractivity contribution in [3.8, 4) is 0 Å². The zero-order valence-corrected chi connectivity index (χ0v) is 14.6. The van der Waals surface area contributed by atoms with Crippen LogP contribution in [0.3, 0.4) is 0 Å². The minimum Gasteiger partial charge on any atom is -0.352 e. The maximum Gasteiger partial charge on any atom is 0.312 e. The number of rotatable bonds is 10. The van der Waals surface area contributed by atoms with Crippen molar-refractivity contribution in [1.29, 1.82) is 0 Å². The second-order valence-electron chi connectivity index (χ2n) is 5.88. The highest BCUT2D eigenvalue weighted by Crippen LogP contribution is 2.07. The van der Waals surface area contributed by atoms with Crippen molar-refractivity contribution >= 4 is 29.7 Å². The van der Waals surface area contributed by atoms with Crippen molar-refractivity contribution in [2.75, 3.05) is 6.54 Å². The third-order valence-electron chi connectivity index (χ3n) is 3.05. The summed E-state index contributed by atoms with van der Waals surface area (Å²) >= 11 is 3.81. The van der Waals surface area contributed by atoms with Gasteiger partial charge in [0.15, 0.2) is 0 Å². The van der Waals surface area contributed by atoms with Gasteiger partial charge < -0.3 is 21.7 Å². The molecule has 0 aliphatic rings. The number of urea groups is 1. The van der Waals surface area contributed by atoms with E-state index < -0.39 is 17.2 Å². The molecule has 0 rings (SSSR count). The van der Waals surface area contributed by atoms with Crippen LogP contribution in [0.5, 0.6) is 0 Å². The fraction of sp³-hybridized carbons (Fsp3) is 0.786. The Morgan fingerprint density at radius 3 is 2.14 bits per heavy atom. The molecule has 0 saturated heterocycles. The molecule has 0 spiro atoms. The molecule has 2 atom stereocenters. The van der Waals surface area contributed by atoms with Crippen molar-refractivity contribution < 1.29 is 14.4 Å². The van der Waals surface area contributed by atoms with Crippen molar-refractivity contribution in [3.05, 3.63) is 0 Å². The molecule has 7 nitrogen and oxygen atoms in total. The Morgan fingerprint density at radius 1 is 1.14 bits per heavy atom.